The fourth-order valence-electron chi connectivity index (χ4n) is 6.05. The molecule has 0 spiro atoms. The second-order valence-electron chi connectivity index (χ2n) is 12.0. The van der Waals surface area contributed by atoms with E-state index in [1.165, 1.54) is 83.5 Å². The van der Waals surface area contributed by atoms with Gasteiger partial charge in [-0.2, -0.15) is 0 Å². The van der Waals surface area contributed by atoms with Gasteiger partial charge in [0.2, 0.25) is 0 Å². The van der Waals surface area contributed by atoms with Crippen molar-refractivity contribution in [2.75, 3.05) is 13.7 Å². The zero-order valence-corrected chi connectivity index (χ0v) is 25.9. The van der Waals surface area contributed by atoms with Crippen LogP contribution in [0.1, 0.15) is 134 Å². The molecule has 2 aliphatic heterocycles. The zero-order chi connectivity index (χ0) is 29.7. The zero-order valence-electron chi connectivity index (χ0n) is 25.9. The molecule has 1 aromatic rings. The van der Waals surface area contributed by atoms with Crippen LogP contribution in [-0.2, 0) is 14.3 Å². The number of ether oxygens (including phenoxy) is 1. The predicted molar refractivity (Wildman–Crippen MR) is 167 cm³/mol. The molecule has 232 valence electrons. The molecule has 2 fully saturated rings. The molecule has 0 amide bonds. The third kappa shape index (κ3) is 14.5. The average molecular weight is 572 g/mol. The number of piperidine rings is 1. The van der Waals surface area contributed by atoms with Crippen molar-refractivity contribution in [3.63, 3.8) is 0 Å². The van der Waals surface area contributed by atoms with Crippen LogP contribution in [0.3, 0.4) is 0 Å². The maximum Gasteiger partial charge on any atom is 0.316 e. The highest BCUT2D eigenvalue weighted by Crippen LogP contribution is 2.36. The van der Waals surface area contributed by atoms with E-state index < -0.39 is 11.9 Å². The summed E-state index contributed by atoms with van der Waals surface area (Å²) in [4.78, 5) is 25.1. The molecule has 0 aliphatic carbocycles. The monoisotopic (exact) mass is 571 g/mol. The third-order valence-electron chi connectivity index (χ3n) is 8.66. The van der Waals surface area contributed by atoms with Crippen LogP contribution >= 0.6 is 0 Å². The summed E-state index contributed by atoms with van der Waals surface area (Å²) in [6.07, 6.45) is 25.5. The second kappa shape index (κ2) is 21.5. The minimum atomic E-state index is -0.661. The van der Waals surface area contributed by atoms with Crippen LogP contribution < -0.4 is 0 Å². The van der Waals surface area contributed by atoms with E-state index in [-0.39, 0.29) is 18.7 Å². The first kappa shape index (κ1) is 35.0. The number of aliphatic carboxylic acids is 1. The minimum Gasteiger partial charge on any atom is -0.481 e. The van der Waals surface area contributed by atoms with Crippen molar-refractivity contribution in [1.29, 1.82) is 0 Å². The summed E-state index contributed by atoms with van der Waals surface area (Å²) in [6, 6.07) is 10.5. The van der Waals surface area contributed by atoms with Crippen LogP contribution in [0.4, 0.5) is 0 Å². The fraction of sp³-hybridized carbons (Fsp3) is 0.714. The summed E-state index contributed by atoms with van der Waals surface area (Å²) in [5, 5.41) is 18.0. The van der Waals surface area contributed by atoms with Crippen LogP contribution in [-0.4, -0.2) is 58.9 Å². The number of carbonyl (C=O) groups excluding carboxylic acids is 1. The van der Waals surface area contributed by atoms with Gasteiger partial charge in [-0.15, -0.1) is 0 Å². The number of benzene rings is 1. The van der Waals surface area contributed by atoms with Crippen molar-refractivity contribution in [3.05, 3.63) is 48.0 Å². The molecule has 2 heterocycles. The van der Waals surface area contributed by atoms with Gasteiger partial charge < -0.3 is 19.8 Å². The number of unbranched alkanes of at least 4 members (excludes halogenated alkanes) is 11. The summed E-state index contributed by atoms with van der Waals surface area (Å²) in [5.41, 5.74) is 0.820. The number of hydrogen-bond acceptors (Lipinski definition) is 5. The number of carboxylic acid groups (broad SMARTS) is 1. The van der Waals surface area contributed by atoms with Gasteiger partial charge in [0, 0.05) is 18.5 Å². The molecule has 2 saturated heterocycles. The normalized spacial score (nSPS) is 20.9. The van der Waals surface area contributed by atoms with Gasteiger partial charge in [-0.3, -0.25) is 9.59 Å². The maximum absolute atomic E-state index is 12.4. The molecule has 2 N–H and O–H groups in total. The van der Waals surface area contributed by atoms with E-state index in [0.717, 1.165) is 31.2 Å². The van der Waals surface area contributed by atoms with Crippen molar-refractivity contribution >= 4 is 11.9 Å². The first-order valence-electron chi connectivity index (χ1n) is 16.4. The summed E-state index contributed by atoms with van der Waals surface area (Å²) < 4.78 is 5.70. The molecule has 3 atom stereocenters. The summed E-state index contributed by atoms with van der Waals surface area (Å²) >= 11 is 0. The number of aliphatic hydroxyl groups excluding tert-OH is 1. The Morgan fingerprint density at radius 3 is 1.95 bits per heavy atom. The van der Waals surface area contributed by atoms with E-state index in [0.29, 0.717) is 18.5 Å². The van der Waals surface area contributed by atoms with Gasteiger partial charge in [0.1, 0.15) is 12.0 Å². The Morgan fingerprint density at radius 1 is 0.878 bits per heavy atom. The maximum atomic E-state index is 12.4. The molecule has 6 heteroatoms. The highest BCUT2D eigenvalue weighted by Gasteiger charge is 2.40. The molecule has 2 aliphatic rings. The van der Waals surface area contributed by atoms with Gasteiger partial charge in [0.05, 0.1) is 6.61 Å². The molecule has 0 radical (unpaired) electrons. The molecule has 1 aromatic carbocycles. The second-order valence-corrected chi connectivity index (χ2v) is 12.0. The number of carbonyl (C=O) groups is 2. The first-order chi connectivity index (χ1) is 20.0. The minimum absolute atomic E-state index is 0.00367. The predicted octanol–water partition coefficient (Wildman–Crippen LogP) is 8.04. The molecule has 41 heavy (non-hydrogen) atoms. The lowest BCUT2D eigenvalue weighted by Crippen LogP contribution is -2.43. The van der Waals surface area contributed by atoms with Crippen molar-refractivity contribution in [2.45, 2.75) is 147 Å². The molecule has 2 bridgehead atoms. The SMILES string of the molecule is CCCCCCC=CCCCCCCCCCC(=O)O.CN1C2CCC1CC(OC(=O)C(CO)c1ccccc1)C2. The summed E-state index contributed by atoms with van der Waals surface area (Å²) in [5.74, 6) is -1.52. The van der Waals surface area contributed by atoms with Crippen LogP contribution in [0.15, 0.2) is 42.5 Å². The van der Waals surface area contributed by atoms with Gasteiger partial charge >= 0.3 is 11.9 Å². The lowest BCUT2D eigenvalue weighted by molar-refractivity contribution is -0.155. The summed E-state index contributed by atoms with van der Waals surface area (Å²) in [6.45, 7) is 2.05. The molecular weight excluding hydrogens is 514 g/mol. The Labute approximate surface area is 249 Å². The topological polar surface area (TPSA) is 87.1 Å². The number of esters is 1. The molecular formula is C35H57NO5. The lowest BCUT2D eigenvalue weighted by Gasteiger charge is -2.36. The highest BCUT2D eigenvalue weighted by molar-refractivity contribution is 5.78. The molecule has 3 rings (SSSR count). The standard InChI is InChI=1S/C18H34O2.C17H23NO3/c1-2-3-4-5-6-7-8-9-10-11-12-13-14-15-16-17-18(19)20;1-18-13-7-8-14(18)10-15(9-13)21-17(20)16(11-19)12-5-3-2-4-6-12/h7-8H,2-6,9-17H2,1H3,(H,19,20);2-6,13-16,19H,7-11H2,1H3. The number of aliphatic hydroxyl groups is 1. The Bertz CT molecular complexity index is 843. The molecule has 6 nitrogen and oxygen atoms in total. The van der Waals surface area contributed by atoms with E-state index in [9.17, 15) is 14.7 Å². The van der Waals surface area contributed by atoms with Crippen molar-refractivity contribution in [3.8, 4) is 0 Å². The van der Waals surface area contributed by atoms with Crippen molar-refractivity contribution in [2.24, 2.45) is 0 Å². The number of nitrogens with zero attached hydrogens (tertiary/aromatic N) is 1. The lowest BCUT2D eigenvalue weighted by atomic mass is 9.98. The van der Waals surface area contributed by atoms with Gasteiger partial charge in [-0.05, 0) is 70.4 Å². The number of allylic oxidation sites excluding steroid dienone is 2. The Morgan fingerprint density at radius 2 is 1.41 bits per heavy atom. The average Bonchev–Trinajstić information content (AvgIpc) is 3.16. The van der Waals surface area contributed by atoms with Gasteiger partial charge in [0.15, 0.2) is 0 Å². The van der Waals surface area contributed by atoms with Gasteiger partial charge in [0.25, 0.3) is 0 Å². The van der Waals surface area contributed by atoms with Gasteiger partial charge in [-0.25, -0.2) is 0 Å². The number of carboxylic acids is 1. The van der Waals surface area contributed by atoms with Crippen LogP contribution in [0.25, 0.3) is 0 Å². The quantitative estimate of drug-likeness (QED) is 0.0993. The fourth-order valence-corrected chi connectivity index (χ4v) is 6.05. The highest BCUT2D eigenvalue weighted by atomic mass is 16.5. The van der Waals surface area contributed by atoms with Crippen LogP contribution in [0, 0.1) is 0 Å². The molecule has 0 aromatic heterocycles. The third-order valence-corrected chi connectivity index (χ3v) is 8.66. The summed E-state index contributed by atoms with van der Waals surface area (Å²) in [7, 11) is 2.17. The Kier molecular flexibility index (Phi) is 18.4. The van der Waals surface area contributed by atoms with Crippen LogP contribution in [0.5, 0.6) is 0 Å². The van der Waals surface area contributed by atoms with E-state index in [2.05, 4.69) is 31.0 Å². The molecule has 3 unspecified atom stereocenters. The van der Waals surface area contributed by atoms with E-state index in [4.69, 9.17) is 9.84 Å². The number of rotatable bonds is 19. The van der Waals surface area contributed by atoms with Crippen molar-refractivity contribution in [1.82, 2.24) is 4.90 Å². The van der Waals surface area contributed by atoms with E-state index >= 15 is 0 Å². The Balaban J connectivity index is 0.000000288. The smallest absolute Gasteiger partial charge is 0.316 e. The largest absolute Gasteiger partial charge is 0.481 e. The number of fused-ring (bicyclic) bond motifs is 2. The molecule has 0 saturated carbocycles. The van der Waals surface area contributed by atoms with Gasteiger partial charge in [-0.1, -0.05) is 101 Å². The van der Waals surface area contributed by atoms with Crippen LogP contribution in [0.2, 0.25) is 0 Å². The number of hydrogen-bond donors (Lipinski definition) is 2. The van der Waals surface area contributed by atoms with E-state index in [1.54, 1.807) is 0 Å². The van der Waals surface area contributed by atoms with E-state index in [1.807, 2.05) is 30.3 Å². The Hall–Kier alpha value is -2.18. The van der Waals surface area contributed by atoms with Crippen molar-refractivity contribution < 1.29 is 24.5 Å². The first-order valence-corrected chi connectivity index (χ1v) is 16.4.